The fourth-order valence-electron chi connectivity index (χ4n) is 6.27. The summed E-state index contributed by atoms with van der Waals surface area (Å²) in [6.07, 6.45) is 6.14. The van der Waals surface area contributed by atoms with E-state index < -0.39 is 5.97 Å². The molecule has 1 saturated carbocycles. The molecule has 0 saturated heterocycles. The van der Waals surface area contributed by atoms with Gasteiger partial charge in [0.15, 0.2) is 0 Å². The Bertz CT molecular complexity index is 1180. The van der Waals surface area contributed by atoms with Crippen LogP contribution in [0, 0.1) is 11.3 Å². The van der Waals surface area contributed by atoms with Gasteiger partial charge >= 0.3 is 5.97 Å². The zero-order valence-corrected chi connectivity index (χ0v) is 23.7. The number of carboxylic acid groups (broad SMARTS) is 1. The standard InChI is InChI=1S/C32H42N2O5/c1-32(2,3)24-9-11-25(12-10-24)34(29(35)19-21-5-13-26(39-4)14-6-21)28-16-8-22-20-23(7-15-27(22)28)31(38)33-18-17-30(36)37/h5-7,13-15,20,24-25,28H,8-12,16-19H2,1-4H3,(H,33,38)(H,36,37). The normalized spacial score (nSPS) is 20.7. The number of aliphatic carboxylic acids is 1. The molecule has 0 aromatic heterocycles. The molecular weight excluding hydrogens is 492 g/mol. The molecule has 2 aromatic rings. The van der Waals surface area contributed by atoms with Crippen LogP contribution in [0.1, 0.15) is 92.4 Å². The number of benzene rings is 2. The first-order valence-electron chi connectivity index (χ1n) is 14.1. The van der Waals surface area contributed by atoms with E-state index in [0.717, 1.165) is 61.0 Å². The Labute approximate surface area is 231 Å². The Kier molecular flexibility index (Phi) is 8.98. The lowest BCUT2D eigenvalue weighted by atomic mass is 9.71. The molecule has 1 unspecified atom stereocenters. The van der Waals surface area contributed by atoms with Crippen molar-refractivity contribution >= 4 is 17.8 Å². The lowest BCUT2D eigenvalue weighted by Crippen LogP contribution is -2.45. The molecule has 7 heteroatoms. The molecule has 210 valence electrons. The fraction of sp³-hybridized carbons (Fsp3) is 0.531. The van der Waals surface area contributed by atoms with Crippen molar-refractivity contribution in [1.29, 1.82) is 0 Å². The summed E-state index contributed by atoms with van der Waals surface area (Å²) in [5.74, 6) is 0.368. The summed E-state index contributed by atoms with van der Waals surface area (Å²) in [6.45, 7) is 7.03. The van der Waals surface area contributed by atoms with E-state index in [1.807, 2.05) is 36.4 Å². The second-order valence-electron chi connectivity index (χ2n) is 12.1. The topological polar surface area (TPSA) is 95.9 Å². The van der Waals surface area contributed by atoms with E-state index in [9.17, 15) is 14.4 Å². The maximum atomic E-state index is 14.0. The first kappa shape index (κ1) is 28.7. The second-order valence-corrected chi connectivity index (χ2v) is 12.1. The van der Waals surface area contributed by atoms with Crippen molar-refractivity contribution < 1.29 is 24.2 Å². The number of rotatable bonds is 9. The molecular formula is C32H42N2O5. The van der Waals surface area contributed by atoms with Gasteiger partial charge in [-0.05, 0) is 90.8 Å². The highest BCUT2D eigenvalue weighted by Gasteiger charge is 2.39. The summed E-state index contributed by atoms with van der Waals surface area (Å²) in [4.78, 5) is 39.5. The van der Waals surface area contributed by atoms with Gasteiger partial charge in [-0.15, -0.1) is 0 Å². The van der Waals surface area contributed by atoms with Crippen LogP contribution < -0.4 is 10.1 Å². The summed E-state index contributed by atoms with van der Waals surface area (Å²) in [7, 11) is 1.64. The lowest BCUT2D eigenvalue weighted by Gasteiger charge is -2.43. The van der Waals surface area contributed by atoms with Crippen molar-refractivity contribution in [1.82, 2.24) is 10.2 Å². The van der Waals surface area contributed by atoms with Crippen LogP contribution in [0.5, 0.6) is 5.75 Å². The van der Waals surface area contributed by atoms with Gasteiger partial charge < -0.3 is 20.1 Å². The van der Waals surface area contributed by atoms with E-state index >= 15 is 0 Å². The number of carboxylic acids is 1. The predicted octanol–water partition coefficient (Wildman–Crippen LogP) is 5.56. The minimum absolute atomic E-state index is 0.00828. The Hall–Kier alpha value is -3.35. The van der Waals surface area contributed by atoms with Crippen molar-refractivity contribution in [3.05, 3.63) is 64.7 Å². The van der Waals surface area contributed by atoms with Gasteiger partial charge in [-0.2, -0.15) is 0 Å². The first-order chi connectivity index (χ1) is 18.6. The SMILES string of the molecule is COc1ccc(CC(=O)N(C2CCC(C(C)(C)C)CC2)C2CCc3cc(C(=O)NCCC(=O)O)ccc32)cc1. The zero-order valence-electron chi connectivity index (χ0n) is 23.7. The van der Waals surface area contributed by atoms with Gasteiger partial charge in [0, 0.05) is 18.2 Å². The minimum atomic E-state index is -0.942. The number of carbonyl (C=O) groups excluding carboxylic acids is 2. The van der Waals surface area contributed by atoms with Crippen LogP contribution in [-0.2, 0) is 22.4 Å². The molecule has 4 rings (SSSR count). The van der Waals surface area contributed by atoms with Gasteiger partial charge in [0.2, 0.25) is 5.91 Å². The molecule has 2 aliphatic carbocycles. The number of amides is 2. The van der Waals surface area contributed by atoms with Crippen LogP contribution in [0.2, 0.25) is 0 Å². The first-order valence-corrected chi connectivity index (χ1v) is 14.1. The molecule has 0 aliphatic heterocycles. The Morgan fingerprint density at radius 1 is 1.00 bits per heavy atom. The molecule has 2 amide bonds. The largest absolute Gasteiger partial charge is 0.497 e. The summed E-state index contributed by atoms with van der Waals surface area (Å²) >= 11 is 0. The molecule has 39 heavy (non-hydrogen) atoms. The molecule has 2 aromatic carbocycles. The average molecular weight is 535 g/mol. The van der Waals surface area contributed by atoms with Crippen LogP contribution in [0.25, 0.3) is 0 Å². The minimum Gasteiger partial charge on any atom is -0.497 e. The number of ether oxygens (including phenoxy) is 1. The molecule has 7 nitrogen and oxygen atoms in total. The summed E-state index contributed by atoms with van der Waals surface area (Å²) in [5, 5.41) is 11.5. The highest BCUT2D eigenvalue weighted by atomic mass is 16.5. The number of hydrogen-bond acceptors (Lipinski definition) is 4. The van der Waals surface area contributed by atoms with Gasteiger partial charge in [0.1, 0.15) is 5.75 Å². The highest BCUT2D eigenvalue weighted by Crippen LogP contribution is 2.44. The van der Waals surface area contributed by atoms with E-state index in [0.29, 0.717) is 17.9 Å². The predicted molar refractivity (Wildman–Crippen MR) is 151 cm³/mol. The van der Waals surface area contributed by atoms with Gasteiger partial charge in [-0.25, -0.2) is 0 Å². The van der Waals surface area contributed by atoms with Crippen molar-refractivity contribution in [2.24, 2.45) is 11.3 Å². The van der Waals surface area contributed by atoms with Crippen LogP contribution >= 0.6 is 0 Å². The zero-order chi connectivity index (χ0) is 28.2. The summed E-state index contributed by atoms with van der Waals surface area (Å²) in [6, 6.07) is 13.6. The van der Waals surface area contributed by atoms with Gasteiger partial charge in [-0.1, -0.05) is 39.0 Å². The number of fused-ring (bicyclic) bond motifs is 1. The molecule has 2 aliphatic rings. The third kappa shape index (κ3) is 7.00. The van der Waals surface area contributed by atoms with E-state index in [1.54, 1.807) is 13.2 Å². The number of carbonyl (C=O) groups is 3. The Morgan fingerprint density at radius 2 is 1.69 bits per heavy atom. The molecule has 1 fully saturated rings. The number of nitrogens with zero attached hydrogens (tertiary/aromatic N) is 1. The maximum absolute atomic E-state index is 14.0. The third-order valence-electron chi connectivity index (χ3n) is 8.53. The van der Waals surface area contributed by atoms with E-state index in [4.69, 9.17) is 9.84 Å². The average Bonchev–Trinajstić information content (AvgIpc) is 3.31. The summed E-state index contributed by atoms with van der Waals surface area (Å²) in [5.41, 5.74) is 3.99. The number of aryl methyl sites for hydroxylation is 1. The molecule has 0 spiro atoms. The van der Waals surface area contributed by atoms with Crippen LogP contribution in [-0.4, -0.2) is 47.5 Å². The van der Waals surface area contributed by atoms with Crippen LogP contribution in [0.3, 0.4) is 0 Å². The van der Waals surface area contributed by atoms with E-state index in [-0.39, 0.29) is 42.3 Å². The highest BCUT2D eigenvalue weighted by molar-refractivity contribution is 5.94. The molecule has 0 radical (unpaired) electrons. The number of methoxy groups -OCH3 is 1. The molecule has 0 bridgehead atoms. The van der Waals surface area contributed by atoms with E-state index in [2.05, 4.69) is 31.0 Å². The van der Waals surface area contributed by atoms with Crippen molar-refractivity contribution in [3.63, 3.8) is 0 Å². The fourth-order valence-corrected chi connectivity index (χ4v) is 6.27. The smallest absolute Gasteiger partial charge is 0.305 e. The third-order valence-corrected chi connectivity index (χ3v) is 8.53. The number of hydrogen-bond donors (Lipinski definition) is 2. The van der Waals surface area contributed by atoms with E-state index in [1.165, 1.54) is 0 Å². The van der Waals surface area contributed by atoms with Crippen molar-refractivity contribution in [2.45, 2.75) is 84.2 Å². The van der Waals surface area contributed by atoms with Gasteiger partial charge in [0.25, 0.3) is 5.91 Å². The lowest BCUT2D eigenvalue weighted by molar-refractivity contribution is -0.138. The van der Waals surface area contributed by atoms with Gasteiger partial charge in [0.05, 0.1) is 26.0 Å². The molecule has 2 N–H and O–H groups in total. The van der Waals surface area contributed by atoms with Crippen LogP contribution in [0.4, 0.5) is 0 Å². The monoisotopic (exact) mass is 534 g/mol. The van der Waals surface area contributed by atoms with Crippen molar-refractivity contribution in [2.75, 3.05) is 13.7 Å². The Balaban J connectivity index is 1.55. The van der Waals surface area contributed by atoms with Crippen LogP contribution in [0.15, 0.2) is 42.5 Å². The van der Waals surface area contributed by atoms with Crippen molar-refractivity contribution in [3.8, 4) is 5.75 Å². The Morgan fingerprint density at radius 3 is 2.31 bits per heavy atom. The molecule has 0 heterocycles. The number of nitrogens with one attached hydrogen (secondary N) is 1. The van der Waals surface area contributed by atoms with Gasteiger partial charge in [-0.3, -0.25) is 14.4 Å². The quantitative estimate of drug-likeness (QED) is 0.439. The molecule has 1 atom stereocenters. The maximum Gasteiger partial charge on any atom is 0.305 e. The summed E-state index contributed by atoms with van der Waals surface area (Å²) < 4.78 is 5.28. The second kappa shape index (κ2) is 12.2.